The highest BCUT2D eigenvalue weighted by Gasteiger charge is 2.40. The van der Waals surface area contributed by atoms with Crippen LogP contribution in [0.2, 0.25) is 0 Å². The van der Waals surface area contributed by atoms with Crippen molar-refractivity contribution in [3.63, 3.8) is 0 Å². The summed E-state index contributed by atoms with van der Waals surface area (Å²) in [7, 11) is 1.66. The van der Waals surface area contributed by atoms with Gasteiger partial charge in [0.2, 0.25) is 0 Å². The molecule has 1 aliphatic rings. The highest BCUT2D eigenvalue weighted by molar-refractivity contribution is 5.15. The van der Waals surface area contributed by atoms with Crippen LogP contribution in [-0.2, 0) is 43.5 Å². The molecule has 4 atom stereocenters. The van der Waals surface area contributed by atoms with Crippen LogP contribution in [0.3, 0.4) is 0 Å². The SMILES string of the molecule is CO[C@@H]1C[C@@H](OCc2ccccc2)[C@H](OCc2ccccc2)[C@@H](COCc2ccccc2)O1. The molecule has 0 radical (unpaired) electrons. The molecule has 0 bridgehead atoms. The normalized spacial score (nSPS) is 22.8. The topological polar surface area (TPSA) is 46.2 Å². The third-order valence-electron chi connectivity index (χ3n) is 5.73. The highest BCUT2D eigenvalue weighted by Crippen LogP contribution is 2.28. The van der Waals surface area contributed by atoms with E-state index in [0.29, 0.717) is 32.8 Å². The van der Waals surface area contributed by atoms with Crippen molar-refractivity contribution in [2.75, 3.05) is 13.7 Å². The van der Waals surface area contributed by atoms with Crippen LogP contribution in [-0.4, -0.2) is 38.3 Å². The van der Waals surface area contributed by atoms with Crippen LogP contribution in [0.4, 0.5) is 0 Å². The Morgan fingerprint density at radius 3 is 1.76 bits per heavy atom. The lowest BCUT2D eigenvalue weighted by Gasteiger charge is -2.41. The predicted octanol–water partition coefficient (Wildman–Crippen LogP) is 5.14. The lowest BCUT2D eigenvalue weighted by molar-refractivity contribution is -0.272. The summed E-state index contributed by atoms with van der Waals surface area (Å²) in [5.74, 6) is 0. The van der Waals surface area contributed by atoms with Crippen molar-refractivity contribution in [3.8, 4) is 0 Å². The monoisotopic (exact) mass is 448 g/mol. The lowest BCUT2D eigenvalue weighted by Crippen LogP contribution is -2.52. The minimum absolute atomic E-state index is 0.182. The van der Waals surface area contributed by atoms with Crippen LogP contribution in [0.15, 0.2) is 91.0 Å². The van der Waals surface area contributed by atoms with Gasteiger partial charge in [0.1, 0.15) is 12.2 Å². The van der Waals surface area contributed by atoms with Gasteiger partial charge in [-0.25, -0.2) is 0 Å². The fraction of sp³-hybridized carbons (Fsp3) is 0.357. The average Bonchev–Trinajstić information content (AvgIpc) is 2.88. The molecule has 0 aromatic heterocycles. The average molecular weight is 449 g/mol. The number of benzene rings is 3. The van der Waals surface area contributed by atoms with Crippen LogP contribution in [0.1, 0.15) is 23.1 Å². The molecule has 33 heavy (non-hydrogen) atoms. The molecule has 0 saturated carbocycles. The summed E-state index contributed by atoms with van der Waals surface area (Å²) >= 11 is 0. The number of ether oxygens (including phenoxy) is 5. The maximum absolute atomic E-state index is 6.39. The van der Waals surface area contributed by atoms with E-state index in [1.165, 1.54) is 0 Å². The number of hydrogen-bond donors (Lipinski definition) is 0. The largest absolute Gasteiger partial charge is 0.374 e. The van der Waals surface area contributed by atoms with Crippen LogP contribution in [0.25, 0.3) is 0 Å². The summed E-state index contributed by atoms with van der Waals surface area (Å²) in [4.78, 5) is 0. The second-order valence-corrected chi connectivity index (χ2v) is 8.17. The Morgan fingerprint density at radius 1 is 0.697 bits per heavy atom. The van der Waals surface area contributed by atoms with Gasteiger partial charge in [-0.05, 0) is 16.7 Å². The molecular weight excluding hydrogens is 416 g/mol. The van der Waals surface area contributed by atoms with Gasteiger partial charge < -0.3 is 23.7 Å². The Bertz CT molecular complexity index is 919. The molecule has 3 aromatic rings. The van der Waals surface area contributed by atoms with Crippen molar-refractivity contribution in [1.29, 1.82) is 0 Å². The van der Waals surface area contributed by atoms with Crippen molar-refractivity contribution >= 4 is 0 Å². The molecule has 1 saturated heterocycles. The highest BCUT2D eigenvalue weighted by atomic mass is 16.7. The van der Waals surface area contributed by atoms with E-state index in [9.17, 15) is 0 Å². The van der Waals surface area contributed by atoms with E-state index in [0.717, 1.165) is 16.7 Å². The van der Waals surface area contributed by atoms with Gasteiger partial charge in [0.25, 0.3) is 0 Å². The van der Waals surface area contributed by atoms with Crippen molar-refractivity contribution in [2.45, 2.75) is 50.8 Å². The van der Waals surface area contributed by atoms with Crippen molar-refractivity contribution in [1.82, 2.24) is 0 Å². The first-order chi connectivity index (χ1) is 16.3. The first-order valence-electron chi connectivity index (χ1n) is 11.4. The molecule has 0 spiro atoms. The minimum Gasteiger partial charge on any atom is -0.374 e. The molecule has 0 aliphatic carbocycles. The van der Waals surface area contributed by atoms with Gasteiger partial charge in [0.15, 0.2) is 6.29 Å². The molecule has 5 nitrogen and oxygen atoms in total. The Hall–Kier alpha value is -2.54. The van der Waals surface area contributed by atoms with E-state index in [2.05, 4.69) is 36.4 Å². The van der Waals surface area contributed by atoms with Crippen LogP contribution in [0.5, 0.6) is 0 Å². The molecule has 1 fully saturated rings. The first-order valence-corrected chi connectivity index (χ1v) is 11.4. The number of methoxy groups -OCH3 is 1. The van der Waals surface area contributed by atoms with Gasteiger partial charge in [-0.3, -0.25) is 0 Å². The van der Waals surface area contributed by atoms with Crippen molar-refractivity contribution < 1.29 is 23.7 Å². The fourth-order valence-electron chi connectivity index (χ4n) is 3.97. The molecular formula is C28H32O5. The van der Waals surface area contributed by atoms with E-state index >= 15 is 0 Å². The second kappa shape index (κ2) is 12.6. The van der Waals surface area contributed by atoms with Gasteiger partial charge in [0.05, 0.1) is 32.5 Å². The molecule has 0 amide bonds. The maximum Gasteiger partial charge on any atom is 0.160 e. The minimum atomic E-state index is -0.368. The van der Waals surface area contributed by atoms with E-state index in [1.54, 1.807) is 7.11 Å². The van der Waals surface area contributed by atoms with Crippen molar-refractivity contribution in [3.05, 3.63) is 108 Å². The van der Waals surface area contributed by atoms with Crippen LogP contribution < -0.4 is 0 Å². The summed E-state index contributed by atoms with van der Waals surface area (Å²) in [5, 5.41) is 0. The van der Waals surface area contributed by atoms with Gasteiger partial charge in [-0.15, -0.1) is 0 Å². The zero-order valence-electron chi connectivity index (χ0n) is 19.0. The van der Waals surface area contributed by atoms with E-state index < -0.39 is 0 Å². The standard InChI is InChI=1S/C28H32O5/c1-29-27-17-25(31-19-23-13-7-3-8-14-23)28(32-20-24-15-9-4-10-16-24)26(33-27)21-30-18-22-11-5-2-6-12-22/h2-16,25-28H,17-21H2,1H3/t25-,26-,27+,28+/m1/s1. The molecule has 174 valence electrons. The van der Waals surface area contributed by atoms with Gasteiger partial charge in [0, 0.05) is 13.5 Å². The lowest BCUT2D eigenvalue weighted by atomic mass is 10.0. The predicted molar refractivity (Wildman–Crippen MR) is 126 cm³/mol. The zero-order chi connectivity index (χ0) is 22.7. The van der Waals surface area contributed by atoms with Gasteiger partial charge >= 0.3 is 0 Å². The Balaban J connectivity index is 1.44. The first kappa shape index (κ1) is 23.6. The molecule has 0 unspecified atom stereocenters. The molecule has 3 aromatic carbocycles. The second-order valence-electron chi connectivity index (χ2n) is 8.17. The van der Waals surface area contributed by atoms with Crippen LogP contribution in [0, 0.1) is 0 Å². The zero-order valence-corrected chi connectivity index (χ0v) is 19.0. The van der Waals surface area contributed by atoms with E-state index in [4.69, 9.17) is 23.7 Å². The summed E-state index contributed by atoms with van der Waals surface area (Å²) in [6, 6.07) is 30.4. The smallest absolute Gasteiger partial charge is 0.160 e. The fourth-order valence-corrected chi connectivity index (χ4v) is 3.97. The molecule has 1 aliphatic heterocycles. The molecule has 1 heterocycles. The summed E-state index contributed by atoms with van der Waals surface area (Å²) in [6.07, 6.45) is -0.545. The maximum atomic E-state index is 6.39. The summed E-state index contributed by atoms with van der Waals surface area (Å²) in [5.41, 5.74) is 3.35. The van der Waals surface area contributed by atoms with E-state index in [1.807, 2.05) is 54.6 Å². The van der Waals surface area contributed by atoms with Gasteiger partial charge in [-0.2, -0.15) is 0 Å². The van der Waals surface area contributed by atoms with E-state index in [-0.39, 0.29) is 24.6 Å². The molecule has 0 N–H and O–H groups in total. The van der Waals surface area contributed by atoms with Crippen molar-refractivity contribution in [2.24, 2.45) is 0 Å². The Morgan fingerprint density at radius 2 is 1.21 bits per heavy atom. The number of rotatable bonds is 11. The molecule has 4 rings (SSSR count). The summed E-state index contributed by atoms with van der Waals surface area (Å²) < 4.78 is 30.5. The molecule has 5 heteroatoms. The Labute approximate surface area is 196 Å². The Kier molecular flexibility index (Phi) is 9.04. The quantitative estimate of drug-likeness (QED) is 0.407. The summed E-state index contributed by atoms with van der Waals surface area (Å²) in [6.45, 7) is 1.89. The third kappa shape index (κ3) is 7.22. The van der Waals surface area contributed by atoms with Gasteiger partial charge in [-0.1, -0.05) is 91.0 Å². The van der Waals surface area contributed by atoms with Crippen LogP contribution >= 0.6 is 0 Å². The third-order valence-corrected chi connectivity index (χ3v) is 5.73. The number of hydrogen-bond acceptors (Lipinski definition) is 5.